The molecule has 1 aliphatic rings. The first-order valence-electron chi connectivity index (χ1n) is 8.56. The van der Waals surface area contributed by atoms with Crippen molar-refractivity contribution in [1.29, 1.82) is 0 Å². The van der Waals surface area contributed by atoms with Crippen molar-refractivity contribution in [2.24, 2.45) is 0 Å². The van der Waals surface area contributed by atoms with Crippen LogP contribution in [0.3, 0.4) is 0 Å². The minimum absolute atomic E-state index is 0.0774. The Labute approximate surface area is 156 Å². The quantitative estimate of drug-likeness (QED) is 0.721. The van der Waals surface area contributed by atoms with Crippen molar-refractivity contribution in [3.63, 3.8) is 0 Å². The minimum Gasteiger partial charge on any atom is -0.419 e. The Morgan fingerprint density at radius 1 is 1.04 bits per heavy atom. The van der Waals surface area contributed by atoms with Crippen LogP contribution in [0.2, 0.25) is 0 Å². The van der Waals surface area contributed by atoms with Gasteiger partial charge in [-0.3, -0.25) is 9.69 Å². The minimum atomic E-state index is -1.12. The zero-order chi connectivity index (χ0) is 19.0. The van der Waals surface area contributed by atoms with E-state index in [1.54, 1.807) is 6.92 Å². The largest absolute Gasteiger partial charge is 0.419 e. The Morgan fingerprint density at radius 3 is 2.44 bits per heavy atom. The molecule has 1 aromatic heterocycles. The highest BCUT2D eigenvalue weighted by Crippen LogP contribution is 2.30. The average molecular weight is 362 g/mol. The van der Waals surface area contributed by atoms with Crippen molar-refractivity contribution < 1.29 is 14.0 Å². The van der Waals surface area contributed by atoms with Crippen LogP contribution >= 0.6 is 0 Å². The highest BCUT2D eigenvalue weighted by molar-refractivity contribution is 6.07. The third-order valence-electron chi connectivity index (χ3n) is 4.68. The van der Waals surface area contributed by atoms with Gasteiger partial charge in [0.1, 0.15) is 12.1 Å². The molecule has 0 bridgehead atoms. The standard InChI is InChI=1S/C20H18N4O3/c1-13-8-10-15(11-9-13)20(2)18(25)24(19(26)21-20)12-16-22-23-17(27-16)14-6-4-3-5-7-14/h3-11H,12H2,1-2H3,(H,21,26)/t20-/m0/s1. The van der Waals surface area contributed by atoms with Gasteiger partial charge in [0.05, 0.1) is 0 Å². The number of benzene rings is 2. The molecule has 2 aromatic carbocycles. The average Bonchev–Trinajstić information content (AvgIpc) is 3.22. The number of carbonyl (C=O) groups is 2. The number of aromatic nitrogens is 2. The molecule has 1 saturated heterocycles. The molecule has 136 valence electrons. The van der Waals surface area contributed by atoms with Gasteiger partial charge >= 0.3 is 6.03 Å². The second kappa shape index (κ2) is 6.35. The van der Waals surface area contributed by atoms with E-state index in [0.29, 0.717) is 5.89 Å². The van der Waals surface area contributed by atoms with Crippen LogP contribution in [0.4, 0.5) is 4.79 Å². The van der Waals surface area contributed by atoms with Crippen molar-refractivity contribution in [2.75, 3.05) is 0 Å². The first-order chi connectivity index (χ1) is 13.0. The van der Waals surface area contributed by atoms with Gasteiger partial charge in [-0.25, -0.2) is 4.79 Å². The third kappa shape index (κ3) is 2.97. The van der Waals surface area contributed by atoms with Crippen molar-refractivity contribution in [3.05, 3.63) is 71.6 Å². The summed E-state index contributed by atoms with van der Waals surface area (Å²) < 4.78 is 5.62. The molecular formula is C20H18N4O3. The maximum Gasteiger partial charge on any atom is 0.325 e. The number of aryl methyl sites for hydroxylation is 1. The van der Waals surface area contributed by atoms with Crippen LogP contribution in [0.25, 0.3) is 11.5 Å². The molecule has 1 atom stereocenters. The molecule has 1 fully saturated rings. The summed E-state index contributed by atoms with van der Waals surface area (Å²) in [5.41, 5.74) is 1.46. The highest BCUT2D eigenvalue weighted by Gasteiger charge is 2.49. The van der Waals surface area contributed by atoms with Crippen LogP contribution in [0, 0.1) is 6.92 Å². The van der Waals surface area contributed by atoms with Crippen molar-refractivity contribution in [3.8, 4) is 11.5 Å². The molecule has 0 radical (unpaired) electrons. The zero-order valence-corrected chi connectivity index (χ0v) is 15.0. The number of urea groups is 1. The summed E-state index contributed by atoms with van der Waals surface area (Å²) in [6, 6.07) is 16.3. The number of hydrogen-bond acceptors (Lipinski definition) is 5. The van der Waals surface area contributed by atoms with Gasteiger partial charge in [-0.15, -0.1) is 10.2 Å². The highest BCUT2D eigenvalue weighted by atomic mass is 16.4. The number of nitrogens with zero attached hydrogens (tertiary/aromatic N) is 3. The van der Waals surface area contributed by atoms with Crippen LogP contribution in [0.1, 0.15) is 23.9 Å². The number of amides is 3. The Kier molecular flexibility index (Phi) is 3.99. The van der Waals surface area contributed by atoms with E-state index in [4.69, 9.17) is 4.42 Å². The van der Waals surface area contributed by atoms with Crippen LogP contribution in [-0.4, -0.2) is 27.0 Å². The number of hydrogen-bond donors (Lipinski definition) is 1. The number of carbonyl (C=O) groups excluding carboxylic acids is 2. The second-order valence-electron chi connectivity index (χ2n) is 6.68. The maximum absolute atomic E-state index is 13.0. The fraction of sp³-hybridized carbons (Fsp3) is 0.200. The molecule has 0 aliphatic carbocycles. The van der Waals surface area contributed by atoms with E-state index in [0.717, 1.165) is 21.6 Å². The number of rotatable bonds is 4. The zero-order valence-electron chi connectivity index (χ0n) is 15.0. The van der Waals surface area contributed by atoms with Gasteiger partial charge in [-0.05, 0) is 31.5 Å². The van der Waals surface area contributed by atoms with Gasteiger partial charge in [0.15, 0.2) is 0 Å². The molecule has 1 N–H and O–H groups in total. The number of imide groups is 1. The first kappa shape index (κ1) is 17.0. The molecule has 27 heavy (non-hydrogen) atoms. The fourth-order valence-electron chi connectivity index (χ4n) is 3.07. The van der Waals surface area contributed by atoms with Crippen molar-refractivity contribution in [1.82, 2.24) is 20.4 Å². The molecule has 2 heterocycles. The molecule has 1 aliphatic heterocycles. The van der Waals surface area contributed by atoms with Crippen LogP contribution in [0.15, 0.2) is 59.0 Å². The van der Waals surface area contributed by atoms with Gasteiger partial charge in [-0.2, -0.15) is 0 Å². The summed E-state index contributed by atoms with van der Waals surface area (Å²) in [5, 5.41) is 10.7. The van der Waals surface area contributed by atoms with Crippen molar-refractivity contribution >= 4 is 11.9 Å². The lowest BCUT2D eigenvalue weighted by Crippen LogP contribution is -2.40. The van der Waals surface area contributed by atoms with Crippen molar-refractivity contribution in [2.45, 2.75) is 25.9 Å². The maximum atomic E-state index is 13.0. The molecule has 7 heteroatoms. The Balaban J connectivity index is 1.56. The molecule has 3 amide bonds. The van der Waals surface area contributed by atoms with Gasteiger partial charge in [0.25, 0.3) is 5.91 Å². The van der Waals surface area contributed by atoms with E-state index in [1.807, 2.05) is 61.5 Å². The van der Waals surface area contributed by atoms with Gasteiger partial charge in [0.2, 0.25) is 11.8 Å². The fourth-order valence-corrected chi connectivity index (χ4v) is 3.07. The predicted octanol–water partition coefficient (Wildman–Crippen LogP) is 3.01. The molecule has 0 unspecified atom stereocenters. The lowest BCUT2D eigenvalue weighted by atomic mass is 9.91. The molecular weight excluding hydrogens is 344 g/mol. The summed E-state index contributed by atoms with van der Waals surface area (Å²) in [4.78, 5) is 26.5. The van der Waals surface area contributed by atoms with Crippen LogP contribution in [-0.2, 0) is 16.9 Å². The summed E-state index contributed by atoms with van der Waals surface area (Å²) in [6.07, 6.45) is 0. The smallest absolute Gasteiger partial charge is 0.325 e. The van der Waals surface area contributed by atoms with E-state index in [9.17, 15) is 9.59 Å². The molecule has 4 rings (SSSR count). The van der Waals surface area contributed by atoms with Crippen LogP contribution < -0.4 is 5.32 Å². The van der Waals surface area contributed by atoms with Gasteiger partial charge in [0, 0.05) is 5.56 Å². The Morgan fingerprint density at radius 2 is 1.74 bits per heavy atom. The predicted molar refractivity (Wildman–Crippen MR) is 97.3 cm³/mol. The lowest BCUT2D eigenvalue weighted by molar-refractivity contribution is -0.131. The van der Waals surface area contributed by atoms with E-state index < -0.39 is 11.6 Å². The molecule has 0 spiro atoms. The van der Waals surface area contributed by atoms with Crippen LogP contribution in [0.5, 0.6) is 0 Å². The lowest BCUT2D eigenvalue weighted by Gasteiger charge is -2.22. The van der Waals surface area contributed by atoms with Gasteiger partial charge in [-0.1, -0.05) is 48.0 Å². The normalized spacial score (nSPS) is 19.4. The third-order valence-corrected chi connectivity index (χ3v) is 4.68. The van der Waals surface area contributed by atoms with E-state index >= 15 is 0 Å². The van der Waals surface area contributed by atoms with E-state index in [1.165, 1.54) is 0 Å². The summed E-state index contributed by atoms with van der Waals surface area (Å²) in [5.74, 6) is 0.195. The summed E-state index contributed by atoms with van der Waals surface area (Å²) in [6.45, 7) is 3.58. The Hall–Kier alpha value is -3.48. The monoisotopic (exact) mass is 362 g/mol. The van der Waals surface area contributed by atoms with E-state index in [2.05, 4.69) is 15.5 Å². The second-order valence-corrected chi connectivity index (χ2v) is 6.68. The van der Waals surface area contributed by atoms with Gasteiger partial charge < -0.3 is 9.73 Å². The molecule has 7 nitrogen and oxygen atoms in total. The molecule has 3 aromatic rings. The topological polar surface area (TPSA) is 88.3 Å². The first-order valence-corrected chi connectivity index (χ1v) is 8.56. The summed E-state index contributed by atoms with van der Waals surface area (Å²) >= 11 is 0. The Bertz CT molecular complexity index is 998. The summed E-state index contributed by atoms with van der Waals surface area (Å²) in [7, 11) is 0. The van der Waals surface area contributed by atoms with E-state index in [-0.39, 0.29) is 18.3 Å². The number of nitrogens with one attached hydrogen (secondary N) is 1. The molecule has 0 saturated carbocycles. The SMILES string of the molecule is Cc1ccc([C@]2(C)NC(=O)N(Cc3nnc(-c4ccccc4)o3)C2=O)cc1.